The molecule has 0 spiro atoms. The highest BCUT2D eigenvalue weighted by atomic mass is 19.1. The van der Waals surface area contributed by atoms with Gasteiger partial charge in [0.1, 0.15) is 11.5 Å². The average molecular weight is 601 g/mol. The topological polar surface area (TPSA) is 107 Å². The third-order valence-corrected chi connectivity index (χ3v) is 8.53. The summed E-state index contributed by atoms with van der Waals surface area (Å²) in [5, 5.41) is 0.316. The first-order chi connectivity index (χ1) is 21.0. The molecule has 0 radical (unpaired) electrons. The number of rotatable bonds is 4. The van der Waals surface area contributed by atoms with Crippen LogP contribution in [-0.4, -0.2) is 57.1 Å². The smallest absolute Gasteiger partial charge is 0.301 e. The van der Waals surface area contributed by atoms with E-state index in [9.17, 15) is 9.59 Å². The summed E-state index contributed by atoms with van der Waals surface area (Å²) < 4.78 is 38.9. The van der Waals surface area contributed by atoms with Crippen LogP contribution in [0.2, 0.25) is 0 Å². The van der Waals surface area contributed by atoms with Crippen LogP contribution in [0.15, 0.2) is 54.0 Å². The molecule has 1 aromatic carbocycles. The number of hydrogen-bond acceptors (Lipinski definition) is 7. The summed E-state index contributed by atoms with van der Waals surface area (Å²) in [5.41, 5.74) is 7.56. The first-order valence-corrected chi connectivity index (χ1v) is 14.6. The van der Waals surface area contributed by atoms with Gasteiger partial charge in [-0.15, -0.1) is 0 Å². The standard InChI is InChI=1S/C33H34F2N6O3/c1-6-25(42)39-16-20-11-13-44-31-30(40(20)15-19(39)5)21-14-23(35)28(26-22(34)8-7-9-24(26)36)38-32(21)41(33(31)43)29-18(4)10-12-37-27(29)17(2)3/h6-10,12,14,17,19-20H,1,11,13,15-16,36H2,2-5H3. The van der Waals surface area contributed by atoms with Crippen LogP contribution in [0.3, 0.4) is 0 Å². The van der Waals surface area contributed by atoms with E-state index in [0.717, 1.165) is 5.56 Å². The second kappa shape index (κ2) is 11.0. The molecule has 2 aliphatic rings. The van der Waals surface area contributed by atoms with E-state index in [1.807, 2.05) is 32.6 Å². The molecule has 1 saturated heterocycles. The Morgan fingerprint density at radius 3 is 2.66 bits per heavy atom. The van der Waals surface area contributed by atoms with E-state index >= 15 is 8.78 Å². The molecule has 5 heterocycles. The van der Waals surface area contributed by atoms with Gasteiger partial charge < -0.3 is 20.3 Å². The lowest BCUT2D eigenvalue weighted by molar-refractivity contribution is -0.128. The van der Waals surface area contributed by atoms with Crippen molar-refractivity contribution in [2.45, 2.75) is 52.1 Å². The van der Waals surface area contributed by atoms with Crippen LogP contribution in [0.5, 0.6) is 5.75 Å². The minimum atomic E-state index is -0.803. The Morgan fingerprint density at radius 2 is 1.95 bits per heavy atom. The molecule has 0 saturated carbocycles. The van der Waals surface area contributed by atoms with E-state index in [1.165, 1.54) is 34.9 Å². The molecule has 4 aromatic rings. The number of aromatic nitrogens is 3. The van der Waals surface area contributed by atoms with Gasteiger partial charge >= 0.3 is 5.56 Å². The van der Waals surface area contributed by atoms with Crippen LogP contribution in [0.4, 0.5) is 20.2 Å². The second-order valence-electron chi connectivity index (χ2n) is 11.7. The Bertz CT molecular complexity index is 1870. The van der Waals surface area contributed by atoms with Crippen LogP contribution in [0.25, 0.3) is 28.0 Å². The molecule has 2 unspecified atom stereocenters. The zero-order valence-corrected chi connectivity index (χ0v) is 25.1. The van der Waals surface area contributed by atoms with Crippen LogP contribution in [-0.2, 0) is 4.79 Å². The largest absolute Gasteiger partial charge is 0.486 e. The van der Waals surface area contributed by atoms with Crippen molar-refractivity contribution < 1.29 is 18.3 Å². The number of piperazine rings is 1. The molecule has 6 rings (SSSR count). The first kappa shape index (κ1) is 29.3. The summed E-state index contributed by atoms with van der Waals surface area (Å²) in [6.45, 7) is 12.3. The van der Waals surface area contributed by atoms with Crippen LogP contribution in [0.1, 0.15) is 44.4 Å². The molecule has 2 aliphatic heterocycles. The van der Waals surface area contributed by atoms with Gasteiger partial charge in [0, 0.05) is 42.8 Å². The highest BCUT2D eigenvalue weighted by molar-refractivity contribution is 5.97. The quantitative estimate of drug-likeness (QED) is 0.256. The van der Waals surface area contributed by atoms with Gasteiger partial charge in [-0.25, -0.2) is 13.8 Å². The Labute approximate surface area is 253 Å². The van der Waals surface area contributed by atoms with Gasteiger partial charge in [0.15, 0.2) is 11.5 Å². The summed E-state index contributed by atoms with van der Waals surface area (Å²) in [6.07, 6.45) is 3.49. The number of fused-ring (bicyclic) bond motifs is 5. The lowest BCUT2D eigenvalue weighted by Crippen LogP contribution is -2.59. The summed E-state index contributed by atoms with van der Waals surface area (Å²) >= 11 is 0. The summed E-state index contributed by atoms with van der Waals surface area (Å²) in [7, 11) is 0. The normalized spacial score (nSPS) is 18.1. The number of aryl methyl sites for hydroxylation is 1. The van der Waals surface area contributed by atoms with E-state index in [2.05, 4.69) is 16.5 Å². The van der Waals surface area contributed by atoms with E-state index in [-0.39, 0.29) is 58.9 Å². The number of nitrogens with zero attached hydrogens (tertiary/aromatic N) is 5. The van der Waals surface area contributed by atoms with E-state index in [4.69, 9.17) is 10.5 Å². The van der Waals surface area contributed by atoms with Gasteiger partial charge in [-0.3, -0.25) is 19.1 Å². The summed E-state index contributed by atoms with van der Waals surface area (Å²) in [6, 6.07) is 6.71. The third-order valence-electron chi connectivity index (χ3n) is 8.53. The van der Waals surface area contributed by atoms with E-state index < -0.39 is 17.2 Å². The van der Waals surface area contributed by atoms with Crippen molar-refractivity contribution >= 4 is 28.3 Å². The number of anilines is 2. The molecule has 1 amide bonds. The zero-order valence-electron chi connectivity index (χ0n) is 25.1. The number of hydrogen-bond donors (Lipinski definition) is 1. The SMILES string of the molecule is C=CC(=O)N1CC2CCOc3c(c4cc(F)c(-c5c(N)cccc5F)nc4n(-c4c(C)ccnc4C(C)C)c3=O)N2CC1C. The van der Waals surface area contributed by atoms with Crippen molar-refractivity contribution in [2.75, 3.05) is 30.3 Å². The number of amides is 1. The number of carbonyl (C=O) groups excluding carboxylic acids is 1. The molecule has 2 N–H and O–H groups in total. The molecular weight excluding hydrogens is 566 g/mol. The highest BCUT2D eigenvalue weighted by Crippen LogP contribution is 2.42. The average Bonchev–Trinajstić information content (AvgIpc) is 3.17. The number of benzene rings is 1. The molecule has 0 bridgehead atoms. The Hall–Kier alpha value is -4.80. The fourth-order valence-electron chi connectivity index (χ4n) is 6.40. The fourth-order valence-corrected chi connectivity index (χ4v) is 6.40. The number of nitrogens with two attached hydrogens (primary N) is 1. The molecule has 1 fully saturated rings. The van der Waals surface area contributed by atoms with Crippen LogP contribution in [0, 0.1) is 18.6 Å². The summed E-state index contributed by atoms with van der Waals surface area (Å²) in [5.74, 6) is -1.73. The van der Waals surface area contributed by atoms with Crippen LogP contribution < -0.4 is 20.9 Å². The molecule has 11 heteroatoms. The maximum Gasteiger partial charge on any atom is 0.301 e. The van der Waals surface area contributed by atoms with Crippen molar-refractivity contribution in [3.05, 3.63) is 82.4 Å². The van der Waals surface area contributed by atoms with Gasteiger partial charge in [0.05, 0.1) is 35.3 Å². The molecule has 3 aromatic heterocycles. The monoisotopic (exact) mass is 600 g/mol. The van der Waals surface area contributed by atoms with Crippen molar-refractivity contribution in [2.24, 2.45) is 0 Å². The molecular formula is C33H34F2N6O3. The lowest BCUT2D eigenvalue weighted by Gasteiger charge is -2.45. The van der Waals surface area contributed by atoms with Gasteiger partial charge in [0.2, 0.25) is 11.7 Å². The maximum absolute atomic E-state index is 16.2. The Balaban J connectivity index is 1.72. The number of nitrogen functional groups attached to an aromatic ring is 1. The first-order valence-electron chi connectivity index (χ1n) is 14.6. The van der Waals surface area contributed by atoms with Gasteiger partial charge in [-0.05, 0) is 55.7 Å². The van der Waals surface area contributed by atoms with Crippen molar-refractivity contribution in [1.82, 2.24) is 19.4 Å². The predicted molar refractivity (Wildman–Crippen MR) is 166 cm³/mol. The number of halogens is 2. The van der Waals surface area contributed by atoms with Gasteiger partial charge in [-0.1, -0.05) is 26.5 Å². The summed E-state index contributed by atoms with van der Waals surface area (Å²) in [4.78, 5) is 40.3. The highest BCUT2D eigenvalue weighted by Gasteiger charge is 2.39. The zero-order chi connectivity index (χ0) is 31.4. The molecule has 2 atom stereocenters. The molecule has 0 aliphatic carbocycles. The minimum Gasteiger partial charge on any atom is -0.486 e. The second-order valence-corrected chi connectivity index (χ2v) is 11.7. The van der Waals surface area contributed by atoms with Gasteiger partial charge in [0.25, 0.3) is 0 Å². The van der Waals surface area contributed by atoms with Crippen LogP contribution >= 0.6 is 0 Å². The van der Waals surface area contributed by atoms with E-state index in [0.29, 0.717) is 42.0 Å². The minimum absolute atomic E-state index is 0.0139. The third kappa shape index (κ3) is 4.58. The number of carbonyl (C=O) groups is 1. The van der Waals surface area contributed by atoms with Crippen molar-refractivity contribution in [3.8, 4) is 22.7 Å². The number of ether oxygens (including phenoxy) is 1. The lowest BCUT2D eigenvalue weighted by atomic mass is 10.0. The Kier molecular flexibility index (Phi) is 7.35. The molecule has 228 valence electrons. The van der Waals surface area contributed by atoms with E-state index in [1.54, 1.807) is 17.2 Å². The molecule has 44 heavy (non-hydrogen) atoms. The maximum atomic E-state index is 16.2. The van der Waals surface area contributed by atoms with Gasteiger partial charge in [-0.2, -0.15) is 0 Å². The Morgan fingerprint density at radius 1 is 1.18 bits per heavy atom. The number of pyridine rings is 3. The fraction of sp³-hybridized carbons (Fsp3) is 0.333. The molecule has 9 nitrogen and oxygen atoms in total. The van der Waals surface area contributed by atoms with Crippen molar-refractivity contribution in [1.29, 1.82) is 0 Å². The predicted octanol–water partition coefficient (Wildman–Crippen LogP) is 5.11. The van der Waals surface area contributed by atoms with Crippen molar-refractivity contribution in [3.63, 3.8) is 0 Å².